The van der Waals surface area contributed by atoms with Crippen molar-refractivity contribution in [1.82, 2.24) is 14.4 Å². The third-order valence-corrected chi connectivity index (χ3v) is 6.92. The number of halogens is 1. The number of hydrogen-bond donors (Lipinski definition) is 1. The molecule has 3 aromatic heterocycles. The molecule has 0 radical (unpaired) electrons. The van der Waals surface area contributed by atoms with E-state index in [1.54, 1.807) is 31.3 Å². The van der Waals surface area contributed by atoms with E-state index in [1.807, 2.05) is 6.07 Å². The summed E-state index contributed by atoms with van der Waals surface area (Å²) >= 11 is 0. The van der Waals surface area contributed by atoms with Crippen LogP contribution in [0, 0.1) is 24.1 Å². The highest BCUT2D eigenvalue weighted by molar-refractivity contribution is 7.90. The number of pyridine rings is 2. The highest BCUT2D eigenvalue weighted by Gasteiger charge is 2.25. The molecule has 10 heteroatoms. The number of imidazole rings is 1. The minimum atomic E-state index is -3.69. The van der Waals surface area contributed by atoms with Gasteiger partial charge in [0.05, 0.1) is 17.7 Å². The molecule has 1 aromatic carbocycles. The van der Waals surface area contributed by atoms with Crippen molar-refractivity contribution in [1.29, 1.82) is 5.26 Å². The van der Waals surface area contributed by atoms with Gasteiger partial charge in [0.2, 0.25) is 0 Å². The smallest absolute Gasteiger partial charge is 0.194 e. The van der Waals surface area contributed by atoms with E-state index in [0.717, 1.165) is 11.8 Å². The van der Waals surface area contributed by atoms with Gasteiger partial charge < -0.3 is 10.1 Å². The first-order chi connectivity index (χ1) is 16.3. The highest BCUT2D eigenvalue weighted by atomic mass is 32.2. The van der Waals surface area contributed by atoms with Crippen molar-refractivity contribution in [3.05, 3.63) is 71.1 Å². The number of ether oxygens (including phenoxy) is 1. The first-order valence-electron chi connectivity index (χ1n) is 10.5. The van der Waals surface area contributed by atoms with Crippen LogP contribution >= 0.6 is 0 Å². The van der Waals surface area contributed by atoms with Crippen LogP contribution in [0.25, 0.3) is 16.6 Å². The Kier molecular flexibility index (Phi) is 5.21. The molecule has 5 rings (SSSR count). The monoisotopic (exact) mass is 477 g/mol. The Balaban J connectivity index is 1.71. The van der Waals surface area contributed by atoms with Crippen LogP contribution in [-0.2, 0) is 22.8 Å². The number of hydrogen-bond acceptors (Lipinski definition) is 7. The third kappa shape index (κ3) is 3.54. The fourth-order valence-corrected chi connectivity index (χ4v) is 5.15. The van der Waals surface area contributed by atoms with Gasteiger partial charge in [0.15, 0.2) is 14.9 Å². The van der Waals surface area contributed by atoms with Crippen LogP contribution < -0.4 is 10.1 Å². The Morgan fingerprint density at radius 3 is 2.82 bits per heavy atom. The summed E-state index contributed by atoms with van der Waals surface area (Å²) in [6.45, 7) is 2.37. The fraction of sp³-hybridized carbons (Fsp3) is 0.208. The SMILES string of the molecule is Cc1ncccc1-c1cc(C#N)c(NCc2c(F)ccc3c2CCO3)n2cnc(S(C)(=O)=O)c12. The largest absolute Gasteiger partial charge is 0.493 e. The summed E-state index contributed by atoms with van der Waals surface area (Å²) in [6, 6.07) is 10.3. The fourth-order valence-electron chi connectivity index (χ4n) is 4.35. The zero-order chi connectivity index (χ0) is 24.0. The summed E-state index contributed by atoms with van der Waals surface area (Å²) in [7, 11) is -3.69. The van der Waals surface area contributed by atoms with Crippen LogP contribution in [0.1, 0.15) is 22.4 Å². The molecule has 0 atom stereocenters. The van der Waals surface area contributed by atoms with Gasteiger partial charge in [-0.3, -0.25) is 9.38 Å². The zero-order valence-electron chi connectivity index (χ0n) is 18.5. The molecule has 0 unspecified atom stereocenters. The van der Waals surface area contributed by atoms with E-state index in [1.165, 1.54) is 16.8 Å². The molecular formula is C24H20FN5O3S. The lowest BCUT2D eigenvalue weighted by Gasteiger charge is -2.16. The number of aromatic nitrogens is 3. The van der Waals surface area contributed by atoms with Gasteiger partial charge in [0.25, 0.3) is 0 Å². The summed E-state index contributed by atoms with van der Waals surface area (Å²) in [5.74, 6) is 0.589. The number of nitrogens with one attached hydrogen (secondary N) is 1. The number of nitriles is 1. The standard InChI is InChI=1S/C24H20FN5O3S/c1-14-16(4-3-8-27-14)18-10-15(11-26)23(30-13-29-24(22(18)30)34(2,31)32)28-12-19-17-7-9-33-21(17)6-5-20(19)25/h3-6,8,10,13,28H,7,9,12H2,1-2H3. The van der Waals surface area contributed by atoms with Gasteiger partial charge in [0.1, 0.15) is 29.8 Å². The number of anilines is 1. The molecule has 0 fully saturated rings. The maximum atomic E-state index is 14.7. The van der Waals surface area contributed by atoms with Gasteiger partial charge in [-0.25, -0.2) is 17.8 Å². The minimum Gasteiger partial charge on any atom is -0.493 e. The Morgan fingerprint density at radius 2 is 2.09 bits per heavy atom. The van der Waals surface area contributed by atoms with Crippen molar-refractivity contribution < 1.29 is 17.5 Å². The van der Waals surface area contributed by atoms with Crippen LogP contribution in [0.4, 0.5) is 10.2 Å². The predicted octanol–water partition coefficient (Wildman–Crippen LogP) is 3.67. The molecule has 34 heavy (non-hydrogen) atoms. The molecule has 0 aliphatic carbocycles. The van der Waals surface area contributed by atoms with Gasteiger partial charge in [-0.15, -0.1) is 0 Å². The molecule has 172 valence electrons. The number of aryl methyl sites for hydroxylation is 1. The van der Waals surface area contributed by atoms with E-state index in [4.69, 9.17) is 4.74 Å². The number of rotatable bonds is 5. The Hall–Kier alpha value is -3.97. The van der Waals surface area contributed by atoms with Crippen LogP contribution in [0.2, 0.25) is 0 Å². The van der Waals surface area contributed by atoms with Gasteiger partial charge >= 0.3 is 0 Å². The third-order valence-electron chi connectivity index (χ3n) is 5.92. The molecule has 0 spiro atoms. The van der Waals surface area contributed by atoms with E-state index in [9.17, 15) is 18.1 Å². The van der Waals surface area contributed by atoms with E-state index in [2.05, 4.69) is 21.4 Å². The molecule has 0 bridgehead atoms. The van der Waals surface area contributed by atoms with Gasteiger partial charge in [-0.2, -0.15) is 5.26 Å². The summed E-state index contributed by atoms with van der Waals surface area (Å²) < 4.78 is 46.9. The average molecular weight is 478 g/mol. The van der Waals surface area contributed by atoms with Gasteiger partial charge in [0, 0.05) is 53.4 Å². The average Bonchev–Trinajstić information content (AvgIpc) is 3.46. The topological polar surface area (TPSA) is 109 Å². The molecular weight excluding hydrogens is 457 g/mol. The van der Waals surface area contributed by atoms with Crippen molar-refractivity contribution in [2.45, 2.75) is 24.9 Å². The minimum absolute atomic E-state index is 0.0831. The van der Waals surface area contributed by atoms with Crippen molar-refractivity contribution >= 4 is 21.2 Å². The molecule has 1 N–H and O–H groups in total. The van der Waals surface area contributed by atoms with E-state index < -0.39 is 9.84 Å². The molecule has 1 aliphatic heterocycles. The van der Waals surface area contributed by atoms with Crippen LogP contribution in [0.3, 0.4) is 0 Å². The predicted molar refractivity (Wildman–Crippen MR) is 124 cm³/mol. The highest BCUT2D eigenvalue weighted by Crippen LogP contribution is 2.36. The summed E-state index contributed by atoms with van der Waals surface area (Å²) in [6.07, 6.45) is 4.68. The van der Waals surface area contributed by atoms with E-state index in [-0.39, 0.29) is 23.0 Å². The van der Waals surface area contributed by atoms with Gasteiger partial charge in [-0.1, -0.05) is 6.07 Å². The number of fused-ring (bicyclic) bond motifs is 2. The lowest BCUT2D eigenvalue weighted by Crippen LogP contribution is -2.10. The molecule has 1 aliphatic rings. The molecule has 0 amide bonds. The summed E-state index contributed by atoms with van der Waals surface area (Å²) in [5.41, 5.74) is 3.69. The zero-order valence-corrected chi connectivity index (χ0v) is 19.3. The Morgan fingerprint density at radius 1 is 1.26 bits per heavy atom. The van der Waals surface area contributed by atoms with E-state index >= 15 is 0 Å². The molecule has 0 saturated carbocycles. The Bertz CT molecular complexity index is 1610. The first-order valence-corrected chi connectivity index (χ1v) is 12.4. The van der Waals surface area contributed by atoms with Crippen LogP contribution in [0.5, 0.6) is 5.75 Å². The molecule has 4 aromatic rings. The Labute approximate surface area is 195 Å². The normalized spacial score (nSPS) is 12.9. The van der Waals surface area contributed by atoms with E-state index in [0.29, 0.717) is 52.5 Å². The van der Waals surface area contributed by atoms with Crippen LogP contribution in [-0.4, -0.2) is 35.6 Å². The lowest BCUT2D eigenvalue weighted by molar-refractivity contribution is 0.356. The quantitative estimate of drug-likeness (QED) is 0.467. The first kappa shape index (κ1) is 21.9. The molecule has 4 heterocycles. The second kappa shape index (κ2) is 8.11. The number of nitrogens with zero attached hydrogens (tertiary/aromatic N) is 4. The summed E-state index contributed by atoms with van der Waals surface area (Å²) in [5, 5.41) is 13.0. The second-order valence-electron chi connectivity index (χ2n) is 8.06. The molecule has 0 saturated heterocycles. The van der Waals surface area contributed by atoms with Crippen molar-refractivity contribution in [3.8, 4) is 22.9 Å². The van der Waals surface area contributed by atoms with Crippen molar-refractivity contribution in [2.75, 3.05) is 18.2 Å². The lowest BCUT2D eigenvalue weighted by atomic mass is 10.0. The maximum absolute atomic E-state index is 14.7. The van der Waals surface area contributed by atoms with Gasteiger partial charge in [-0.05, 0) is 31.2 Å². The van der Waals surface area contributed by atoms with Crippen molar-refractivity contribution in [2.24, 2.45) is 0 Å². The number of benzene rings is 1. The number of sulfone groups is 1. The second-order valence-corrected chi connectivity index (χ2v) is 9.99. The molecule has 8 nitrogen and oxygen atoms in total. The van der Waals surface area contributed by atoms with Crippen LogP contribution in [0.15, 0.2) is 47.9 Å². The maximum Gasteiger partial charge on any atom is 0.194 e. The summed E-state index contributed by atoms with van der Waals surface area (Å²) in [4.78, 5) is 8.46. The van der Waals surface area contributed by atoms with Crippen molar-refractivity contribution in [3.63, 3.8) is 0 Å².